The zero-order valence-electron chi connectivity index (χ0n) is 11.5. The predicted molar refractivity (Wildman–Crippen MR) is 85.1 cm³/mol. The minimum Gasteiger partial charge on any atom is -0.241 e. The molecule has 0 saturated heterocycles. The largest absolute Gasteiger partial charge is 0.241 e. The molecular weight excluding hydrogens is 305 g/mol. The lowest BCUT2D eigenvalue weighted by atomic mass is 10.2. The number of thioether (sulfide) groups is 1. The summed E-state index contributed by atoms with van der Waals surface area (Å²) in [5, 5.41) is 10.1. The first-order valence-corrected chi connectivity index (χ1v) is 8.33. The van der Waals surface area contributed by atoms with Gasteiger partial charge < -0.3 is 0 Å². The fraction of sp³-hybridized carbons (Fsp3) is 0.133. The highest BCUT2D eigenvalue weighted by molar-refractivity contribution is 7.98. The SMILES string of the molecule is CSc1ccc(-c2sc(-c3ccc(F)cc3)nc2C)nn1. The first-order chi connectivity index (χ1) is 10.2. The van der Waals surface area contributed by atoms with Crippen molar-refractivity contribution < 1.29 is 4.39 Å². The highest BCUT2D eigenvalue weighted by Gasteiger charge is 2.13. The summed E-state index contributed by atoms with van der Waals surface area (Å²) < 4.78 is 13.0. The normalized spacial score (nSPS) is 10.8. The number of halogens is 1. The van der Waals surface area contributed by atoms with Crippen molar-refractivity contribution in [1.29, 1.82) is 0 Å². The van der Waals surface area contributed by atoms with Crippen LogP contribution < -0.4 is 0 Å². The predicted octanol–water partition coefficient (Wildman–Crippen LogP) is 4.44. The molecule has 0 aliphatic rings. The van der Waals surface area contributed by atoms with Gasteiger partial charge in [0.15, 0.2) is 0 Å². The highest BCUT2D eigenvalue weighted by atomic mass is 32.2. The molecule has 6 heteroatoms. The molecular formula is C15H12FN3S2. The van der Waals surface area contributed by atoms with Gasteiger partial charge in [-0.05, 0) is 49.6 Å². The molecule has 0 atom stereocenters. The van der Waals surface area contributed by atoms with E-state index in [4.69, 9.17) is 0 Å². The summed E-state index contributed by atoms with van der Waals surface area (Å²) in [6.07, 6.45) is 1.97. The molecule has 0 spiro atoms. The zero-order chi connectivity index (χ0) is 14.8. The van der Waals surface area contributed by atoms with E-state index in [2.05, 4.69) is 15.2 Å². The molecule has 0 unspecified atom stereocenters. The van der Waals surface area contributed by atoms with Gasteiger partial charge in [-0.25, -0.2) is 9.37 Å². The summed E-state index contributed by atoms with van der Waals surface area (Å²) in [5.41, 5.74) is 2.63. The second-order valence-electron chi connectivity index (χ2n) is 4.40. The molecule has 2 heterocycles. The number of thiazole rings is 1. The lowest BCUT2D eigenvalue weighted by molar-refractivity contribution is 0.628. The first kappa shape index (κ1) is 14.2. The van der Waals surface area contributed by atoms with Crippen LogP contribution in [0.2, 0.25) is 0 Å². The zero-order valence-corrected chi connectivity index (χ0v) is 13.1. The number of hydrogen-bond acceptors (Lipinski definition) is 5. The minimum absolute atomic E-state index is 0.245. The van der Waals surface area contributed by atoms with Crippen molar-refractivity contribution >= 4 is 23.1 Å². The summed E-state index contributed by atoms with van der Waals surface area (Å²) in [5.74, 6) is -0.245. The number of hydrogen-bond donors (Lipinski definition) is 0. The molecule has 0 N–H and O–H groups in total. The quantitative estimate of drug-likeness (QED) is 0.670. The van der Waals surface area contributed by atoms with Crippen molar-refractivity contribution in [3.8, 4) is 21.1 Å². The van der Waals surface area contributed by atoms with Crippen molar-refractivity contribution in [2.75, 3.05) is 6.26 Å². The van der Waals surface area contributed by atoms with E-state index in [1.165, 1.54) is 12.1 Å². The van der Waals surface area contributed by atoms with E-state index in [1.54, 1.807) is 35.2 Å². The maximum Gasteiger partial charge on any atom is 0.124 e. The van der Waals surface area contributed by atoms with E-state index in [1.807, 2.05) is 25.3 Å². The van der Waals surface area contributed by atoms with Crippen LogP contribution in [0.25, 0.3) is 21.1 Å². The molecule has 0 fully saturated rings. The molecule has 0 aliphatic heterocycles. The standard InChI is InChI=1S/C15H12FN3S2/c1-9-14(12-7-8-13(20-2)19-18-12)21-15(17-9)10-3-5-11(16)6-4-10/h3-8H,1-2H3. The van der Waals surface area contributed by atoms with Gasteiger partial charge in [-0.3, -0.25) is 0 Å². The average molecular weight is 317 g/mol. The summed E-state index contributed by atoms with van der Waals surface area (Å²) in [6, 6.07) is 10.3. The molecule has 3 nitrogen and oxygen atoms in total. The van der Waals surface area contributed by atoms with E-state index in [0.717, 1.165) is 31.9 Å². The third-order valence-electron chi connectivity index (χ3n) is 2.97. The Labute approximate surface area is 130 Å². The fourth-order valence-corrected chi connectivity index (χ4v) is 3.26. The Morgan fingerprint density at radius 1 is 1.05 bits per heavy atom. The molecule has 0 bridgehead atoms. The van der Waals surface area contributed by atoms with Crippen LogP contribution >= 0.6 is 23.1 Å². The van der Waals surface area contributed by atoms with Crippen LogP contribution in [0.5, 0.6) is 0 Å². The van der Waals surface area contributed by atoms with Crippen molar-refractivity contribution in [3.05, 3.63) is 47.9 Å². The molecule has 3 aromatic rings. The summed E-state index contributed by atoms with van der Waals surface area (Å²) in [6.45, 7) is 1.95. The van der Waals surface area contributed by atoms with Gasteiger partial charge >= 0.3 is 0 Å². The molecule has 0 aliphatic carbocycles. The summed E-state index contributed by atoms with van der Waals surface area (Å²) in [4.78, 5) is 5.55. The molecule has 1 aromatic carbocycles. The maximum atomic E-state index is 13.0. The van der Waals surface area contributed by atoms with Gasteiger partial charge in [-0.2, -0.15) is 0 Å². The smallest absolute Gasteiger partial charge is 0.124 e. The van der Waals surface area contributed by atoms with E-state index in [9.17, 15) is 4.39 Å². The van der Waals surface area contributed by atoms with Crippen molar-refractivity contribution in [2.45, 2.75) is 11.9 Å². The molecule has 21 heavy (non-hydrogen) atoms. The summed E-state index contributed by atoms with van der Waals surface area (Å²) in [7, 11) is 0. The minimum atomic E-state index is -0.245. The van der Waals surface area contributed by atoms with Crippen LogP contribution in [-0.4, -0.2) is 21.4 Å². The Balaban J connectivity index is 1.98. The third-order valence-corrected chi connectivity index (χ3v) is 4.83. The number of benzene rings is 1. The Kier molecular flexibility index (Phi) is 3.98. The van der Waals surface area contributed by atoms with E-state index in [-0.39, 0.29) is 5.82 Å². The molecule has 0 amide bonds. The number of rotatable bonds is 3. The van der Waals surface area contributed by atoms with Gasteiger partial charge in [0, 0.05) is 5.56 Å². The Morgan fingerprint density at radius 3 is 2.43 bits per heavy atom. The van der Waals surface area contributed by atoms with Crippen LogP contribution in [-0.2, 0) is 0 Å². The van der Waals surface area contributed by atoms with E-state index < -0.39 is 0 Å². The van der Waals surface area contributed by atoms with Gasteiger partial charge in [-0.1, -0.05) is 0 Å². The van der Waals surface area contributed by atoms with E-state index in [0.29, 0.717) is 0 Å². The van der Waals surface area contributed by atoms with Gasteiger partial charge in [0.05, 0.1) is 10.6 Å². The monoisotopic (exact) mass is 317 g/mol. The Bertz CT molecular complexity index is 752. The second-order valence-corrected chi connectivity index (χ2v) is 6.23. The van der Waals surface area contributed by atoms with Crippen LogP contribution in [0.4, 0.5) is 4.39 Å². The van der Waals surface area contributed by atoms with Crippen LogP contribution in [0.15, 0.2) is 41.4 Å². The lowest BCUT2D eigenvalue weighted by Crippen LogP contribution is -1.88. The van der Waals surface area contributed by atoms with Crippen LogP contribution in [0, 0.1) is 12.7 Å². The van der Waals surface area contributed by atoms with Gasteiger partial charge in [0.25, 0.3) is 0 Å². The second kappa shape index (κ2) is 5.91. The number of aromatic nitrogens is 3. The molecule has 3 rings (SSSR count). The van der Waals surface area contributed by atoms with Crippen molar-refractivity contribution in [3.63, 3.8) is 0 Å². The lowest BCUT2D eigenvalue weighted by Gasteiger charge is -1.98. The van der Waals surface area contributed by atoms with Gasteiger partial charge in [-0.15, -0.1) is 33.3 Å². The van der Waals surface area contributed by atoms with E-state index >= 15 is 0 Å². The fourth-order valence-electron chi connectivity index (χ4n) is 1.90. The molecule has 0 saturated carbocycles. The topological polar surface area (TPSA) is 38.7 Å². The summed E-state index contributed by atoms with van der Waals surface area (Å²) >= 11 is 3.10. The molecule has 106 valence electrons. The highest BCUT2D eigenvalue weighted by Crippen LogP contribution is 2.34. The van der Waals surface area contributed by atoms with Crippen LogP contribution in [0.3, 0.4) is 0 Å². The Morgan fingerprint density at radius 2 is 1.81 bits per heavy atom. The van der Waals surface area contributed by atoms with Gasteiger partial charge in [0.1, 0.15) is 21.5 Å². The van der Waals surface area contributed by atoms with Crippen molar-refractivity contribution in [1.82, 2.24) is 15.2 Å². The average Bonchev–Trinajstić information content (AvgIpc) is 2.90. The van der Waals surface area contributed by atoms with Crippen LogP contribution in [0.1, 0.15) is 5.69 Å². The number of aryl methyl sites for hydroxylation is 1. The molecule has 0 radical (unpaired) electrons. The first-order valence-electron chi connectivity index (χ1n) is 6.29. The van der Waals surface area contributed by atoms with Crippen molar-refractivity contribution in [2.24, 2.45) is 0 Å². The number of nitrogens with zero attached hydrogens (tertiary/aromatic N) is 3. The Hall–Kier alpha value is -1.79. The third kappa shape index (κ3) is 2.96. The maximum absolute atomic E-state index is 13.0. The van der Waals surface area contributed by atoms with Gasteiger partial charge in [0.2, 0.25) is 0 Å². The molecule has 2 aromatic heterocycles.